The summed E-state index contributed by atoms with van der Waals surface area (Å²) in [5, 5.41) is 0. The van der Waals surface area contributed by atoms with E-state index >= 15 is 0 Å². The van der Waals surface area contributed by atoms with Crippen LogP contribution in [0.5, 0.6) is 0 Å². The van der Waals surface area contributed by atoms with Gasteiger partial charge in [-0.2, -0.15) is 0 Å². The van der Waals surface area contributed by atoms with Gasteiger partial charge in [0.2, 0.25) is 0 Å². The van der Waals surface area contributed by atoms with Crippen LogP contribution in [0.2, 0.25) is 0 Å². The molecule has 2 rings (SSSR count). The molecule has 0 amide bonds. The number of nitrogens with two attached hydrogens (primary N) is 1. The predicted octanol–water partition coefficient (Wildman–Crippen LogP) is 4.17. The van der Waals surface area contributed by atoms with E-state index in [1.807, 2.05) is 13.0 Å². The molecule has 1 nitrogen and oxygen atoms in total. The molecule has 0 unspecified atom stereocenters. The highest BCUT2D eigenvalue weighted by atomic mass is 32.2. The first-order chi connectivity index (χ1) is 8.16. The molecule has 0 heterocycles. The number of aryl methyl sites for hydroxylation is 1. The second kappa shape index (κ2) is 5.39. The van der Waals surface area contributed by atoms with Crippen LogP contribution in [-0.2, 0) is 0 Å². The first-order valence-electron chi connectivity index (χ1n) is 5.76. The van der Waals surface area contributed by atoms with Gasteiger partial charge in [0, 0.05) is 15.8 Å². The van der Waals surface area contributed by atoms with Crippen molar-refractivity contribution in [1.82, 2.24) is 0 Å². The van der Waals surface area contributed by atoms with E-state index in [0.717, 1.165) is 0 Å². The lowest BCUT2D eigenvalue weighted by Crippen LogP contribution is -2.05. The van der Waals surface area contributed by atoms with Crippen LogP contribution in [0.4, 0.5) is 0 Å². The van der Waals surface area contributed by atoms with Gasteiger partial charge in [-0.05, 0) is 37.6 Å². The molecule has 0 spiro atoms. The van der Waals surface area contributed by atoms with Crippen molar-refractivity contribution in [3.05, 3.63) is 59.7 Å². The quantitative estimate of drug-likeness (QED) is 0.875. The first-order valence-corrected chi connectivity index (χ1v) is 6.57. The van der Waals surface area contributed by atoms with E-state index in [2.05, 4.69) is 49.4 Å². The summed E-state index contributed by atoms with van der Waals surface area (Å²) in [4.78, 5) is 2.50. The maximum Gasteiger partial charge on any atom is 0.0277 e. The van der Waals surface area contributed by atoms with Crippen LogP contribution in [0.1, 0.15) is 24.1 Å². The zero-order valence-corrected chi connectivity index (χ0v) is 11.0. The van der Waals surface area contributed by atoms with Gasteiger partial charge in [-0.25, -0.2) is 0 Å². The summed E-state index contributed by atoms with van der Waals surface area (Å²) in [6, 6.07) is 17.0. The summed E-state index contributed by atoms with van der Waals surface area (Å²) in [6.45, 7) is 4.12. The second-order valence-corrected chi connectivity index (χ2v) is 5.36. The molecule has 0 radical (unpaired) electrons. The summed E-state index contributed by atoms with van der Waals surface area (Å²) in [6.07, 6.45) is 0. The lowest BCUT2D eigenvalue weighted by atomic mass is 10.1. The van der Waals surface area contributed by atoms with Crippen molar-refractivity contribution in [2.75, 3.05) is 0 Å². The molecular weight excluding hydrogens is 226 g/mol. The number of rotatable bonds is 3. The Kier molecular flexibility index (Phi) is 3.87. The number of hydrogen-bond donors (Lipinski definition) is 1. The van der Waals surface area contributed by atoms with Crippen molar-refractivity contribution in [3.63, 3.8) is 0 Å². The van der Waals surface area contributed by atoms with Gasteiger partial charge < -0.3 is 5.73 Å². The fourth-order valence-corrected chi connectivity index (χ4v) is 2.73. The van der Waals surface area contributed by atoms with Crippen LogP contribution in [0, 0.1) is 6.92 Å². The summed E-state index contributed by atoms with van der Waals surface area (Å²) < 4.78 is 0. The SMILES string of the molecule is Cc1ccc(Sc2ccccc2[C@@H](C)N)cc1. The van der Waals surface area contributed by atoms with Crippen LogP contribution in [-0.4, -0.2) is 0 Å². The molecular formula is C15H17NS. The van der Waals surface area contributed by atoms with Crippen LogP contribution in [0.15, 0.2) is 58.3 Å². The lowest BCUT2D eigenvalue weighted by molar-refractivity contribution is 0.797. The van der Waals surface area contributed by atoms with E-state index in [1.165, 1.54) is 20.9 Å². The van der Waals surface area contributed by atoms with Crippen molar-refractivity contribution in [1.29, 1.82) is 0 Å². The van der Waals surface area contributed by atoms with Gasteiger partial charge in [0.1, 0.15) is 0 Å². The first kappa shape index (κ1) is 12.2. The number of benzene rings is 2. The fourth-order valence-electron chi connectivity index (χ4n) is 1.68. The van der Waals surface area contributed by atoms with E-state index in [-0.39, 0.29) is 6.04 Å². The Morgan fingerprint density at radius 2 is 1.65 bits per heavy atom. The van der Waals surface area contributed by atoms with Crippen LogP contribution in [0.3, 0.4) is 0 Å². The normalized spacial score (nSPS) is 12.4. The minimum Gasteiger partial charge on any atom is -0.324 e. The molecule has 17 heavy (non-hydrogen) atoms. The van der Waals surface area contributed by atoms with Crippen molar-refractivity contribution in [2.45, 2.75) is 29.7 Å². The molecule has 0 aromatic heterocycles. The highest BCUT2D eigenvalue weighted by Gasteiger charge is 2.07. The minimum atomic E-state index is 0.0733. The third-order valence-electron chi connectivity index (χ3n) is 2.66. The van der Waals surface area contributed by atoms with Gasteiger partial charge in [0.05, 0.1) is 0 Å². The maximum atomic E-state index is 5.98. The van der Waals surface area contributed by atoms with Gasteiger partial charge in [-0.3, -0.25) is 0 Å². The summed E-state index contributed by atoms with van der Waals surface area (Å²) in [5.41, 5.74) is 8.47. The Morgan fingerprint density at radius 1 is 1.00 bits per heavy atom. The summed E-state index contributed by atoms with van der Waals surface area (Å²) in [5.74, 6) is 0. The Labute approximate surface area is 107 Å². The van der Waals surface area contributed by atoms with Crippen molar-refractivity contribution >= 4 is 11.8 Å². The largest absolute Gasteiger partial charge is 0.324 e. The lowest BCUT2D eigenvalue weighted by Gasteiger charge is -2.12. The van der Waals surface area contributed by atoms with Crippen LogP contribution >= 0.6 is 11.8 Å². The van der Waals surface area contributed by atoms with E-state index in [1.54, 1.807) is 11.8 Å². The van der Waals surface area contributed by atoms with Crippen molar-refractivity contribution < 1.29 is 0 Å². The van der Waals surface area contributed by atoms with E-state index in [4.69, 9.17) is 5.73 Å². The van der Waals surface area contributed by atoms with Crippen LogP contribution in [0.25, 0.3) is 0 Å². The summed E-state index contributed by atoms with van der Waals surface area (Å²) in [7, 11) is 0. The molecule has 0 saturated carbocycles. The molecule has 0 saturated heterocycles. The van der Waals surface area contributed by atoms with Gasteiger partial charge in [0.15, 0.2) is 0 Å². The average Bonchev–Trinajstić information content (AvgIpc) is 2.32. The maximum absolute atomic E-state index is 5.98. The van der Waals surface area contributed by atoms with E-state index in [9.17, 15) is 0 Å². The Morgan fingerprint density at radius 3 is 2.29 bits per heavy atom. The summed E-state index contributed by atoms with van der Waals surface area (Å²) >= 11 is 1.77. The third kappa shape index (κ3) is 3.11. The van der Waals surface area contributed by atoms with E-state index in [0.29, 0.717) is 0 Å². The molecule has 2 aromatic carbocycles. The van der Waals surface area contributed by atoms with Crippen molar-refractivity contribution in [3.8, 4) is 0 Å². The molecule has 2 heteroatoms. The molecule has 0 fully saturated rings. The van der Waals surface area contributed by atoms with Gasteiger partial charge in [0.25, 0.3) is 0 Å². The molecule has 0 aliphatic heterocycles. The molecule has 88 valence electrons. The molecule has 0 bridgehead atoms. The molecule has 2 aromatic rings. The Bertz CT molecular complexity index is 489. The topological polar surface area (TPSA) is 26.0 Å². The number of hydrogen-bond acceptors (Lipinski definition) is 2. The van der Waals surface area contributed by atoms with Crippen LogP contribution < -0.4 is 5.73 Å². The standard InChI is InChI=1S/C15H17NS/c1-11-7-9-13(10-8-11)17-15-6-4-3-5-14(15)12(2)16/h3-10,12H,16H2,1-2H3/t12-/m1/s1. The zero-order valence-electron chi connectivity index (χ0n) is 10.2. The Hall–Kier alpha value is -1.25. The van der Waals surface area contributed by atoms with E-state index < -0.39 is 0 Å². The predicted molar refractivity (Wildman–Crippen MR) is 74.3 cm³/mol. The second-order valence-electron chi connectivity index (χ2n) is 4.24. The van der Waals surface area contributed by atoms with Gasteiger partial charge in [-0.1, -0.05) is 47.7 Å². The Balaban J connectivity index is 2.26. The molecule has 0 aliphatic rings. The fraction of sp³-hybridized carbons (Fsp3) is 0.200. The molecule has 0 aliphatic carbocycles. The molecule has 2 N–H and O–H groups in total. The van der Waals surface area contributed by atoms with Gasteiger partial charge in [-0.15, -0.1) is 0 Å². The van der Waals surface area contributed by atoms with Gasteiger partial charge >= 0.3 is 0 Å². The third-order valence-corrected chi connectivity index (χ3v) is 3.76. The highest BCUT2D eigenvalue weighted by Crippen LogP contribution is 2.32. The smallest absolute Gasteiger partial charge is 0.0277 e. The highest BCUT2D eigenvalue weighted by molar-refractivity contribution is 7.99. The zero-order chi connectivity index (χ0) is 12.3. The molecule has 1 atom stereocenters. The minimum absolute atomic E-state index is 0.0733. The average molecular weight is 243 g/mol. The monoisotopic (exact) mass is 243 g/mol. The van der Waals surface area contributed by atoms with Crippen molar-refractivity contribution in [2.24, 2.45) is 5.73 Å².